The highest BCUT2D eigenvalue weighted by molar-refractivity contribution is 5.51. The SMILES string of the molecule is C#Cc1cccc(NC(C)c2cc(F)c(C)cc2F)c1. The summed E-state index contributed by atoms with van der Waals surface area (Å²) in [6.45, 7) is 3.31. The van der Waals surface area contributed by atoms with Crippen LogP contribution in [0.15, 0.2) is 36.4 Å². The van der Waals surface area contributed by atoms with E-state index in [1.165, 1.54) is 19.1 Å². The van der Waals surface area contributed by atoms with Crippen molar-refractivity contribution in [2.45, 2.75) is 19.9 Å². The number of hydrogen-bond acceptors (Lipinski definition) is 1. The molecule has 0 aliphatic heterocycles. The third-order valence-corrected chi connectivity index (χ3v) is 3.16. The summed E-state index contributed by atoms with van der Waals surface area (Å²) in [5.74, 6) is 1.71. The number of benzene rings is 2. The summed E-state index contributed by atoms with van der Waals surface area (Å²) < 4.78 is 27.4. The van der Waals surface area contributed by atoms with E-state index in [1.807, 2.05) is 18.2 Å². The molecule has 1 unspecified atom stereocenters. The normalized spacial score (nSPS) is 11.8. The molecule has 2 aromatic rings. The van der Waals surface area contributed by atoms with Crippen LogP contribution in [0.4, 0.5) is 14.5 Å². The second-order valence-corrected chi connectivity index (χ2v) is 4.71. The molecule has 102 valence electrons. The van der Waals surface area contributed by atoms with Gasteiger partial charge in [0, 0.05) is 16.8 Å². The van der Waals surface area contributed by atoms with Crippen LogP contribution in [0.2, 0.25) is 0 Å². The van der Waals surface area contributed by atoms with Crippen LogP contribution in [-0.2, 0) is 0 Å². The maximum absolute atomic E-state index is 13.9. The molecule has 1 N–H and O–H groups in total. The van der Waals surface area contributed by atoms with Gasteiger partial charge in [0.05, 0.1) is 6.04 Å². The van der Waals surface area contributed by atoms with Gasteiger partial charge in [-0.1, -0.05) is 12.0 Å². The van der Waals surface area contributed by atoms with Gasteiger partial charge in [-0.2, -0.15) is 0 Å². The van der Waals surface area contributed by atoms with E-state index in [4.69, 9.17) is 6.42 Å². The monoisotopic (exact) mass is 271 g/mol. The van der Waals surface area contributed by atoms with Crippen LogP contribution in [0.1, 0.15) is 29.7 Å². The van der Waals surface area contributed by atoms with Gasteiger partial charge in [-0.25, -0.2) is 8.78 Å². The highest BCUT2D eigenvalue weighted by Gasteiger charge is 2.13. The van der Waals surface area contributed by atoms with Crippen LogP contribution < -0.4 is 5.32 Å². The van der Waals surface area contributed by atoms with E-state index < -0.39 is 11.6 Å². The molecule has 0 fully saturated rings. The highest BCUT2D eigenvalue weighted by atomic mass is 19.1. The third-order valence-electron chi connectivity index (χ3n) is 3.16. The lowest BCUT2D eigenvalue weighted by Crippen LogP contribution is -2.09. The van der Waals surface area contributed by atoms with Gasteiger partial charge in [0.15, 0.2) is 0 Å². The molecule has 1 atom stereocenters. The van der Waals surface area contributed by atoms with Crippen LogP contribution in [0.25, 0.3) is 0 Å². The fourth-order valence-electron chi connectivity index (χ4n) is 2.02. The first-order valence-electron chi connectivity index (χ1n) is 6.30. The van der Waals surface area contributed by atoms with E-state index in [1.54, 1.807) is 13.0 Å². The molecule has 3 heteroatoms. The zero-order valence-corrected chi connectivity index (χ0v) is 11.4. The topological polar surface area (TPSA) is 12.0 Å². The molecule has 0 spiro atoms. The maximum Gasteiger partial charge on any atom is 0.128 e. The largest absolute Gasteiger partial charge is 0.378 e. The molecule has 20 heavy (non-hydrogen) atoms. The smallest absolute Gasteiger partial charge is 0.128 e. The van der Waals surface area contributed by atoms with Crippen molar-refractivity contribution in [3.8, 4) is 12.3 Å². The Morgan fingerprint density at radius 1 is 1.15 bits per heavy atom. The predicted octanol–water partition coefficient (Wildman–Crippen LogP) is 4.43. The molecule has 1 nitrogen and oxygen atoms in total. The molecule has 2 aromatic carbocycles. The molecule has 0 saturated heterocycles. The fraction of sp³-hybridized carbons (Fsp3) is 0.176. The Kier molecular flexibility index (Phi) is 4.05. The van der Waals surface area contributed by atoms with Crippen LogP contribution >= 0.6 is 0 Å². The summed E-state index contributed by atoms with van der Waals surface area (Å²) in [4.78, 5) is 0. The fourth-order valence-corrected chi connectivity index (χ4v) is 2.02. The first-order valence-corrected chi connectivity index (χ1v) is 6.30. The zero-order valence-electron chi connectivity index (χ0n) is 11.4. The standard InChI is InChI=1S/C17H15F2N/c1-4-13-6-5-7-14(9-13)20-12(3)15-10-16(18)11(2)8-17(15)19/h1,5-10,12,20H,2-3H3. The average Bonchev–Trinajstić information content (AvgIpc) is 2.43. The molecular weight excluding hydrogens is 256 g/mol. The molecule has 0 amide bonds. The van der Waals surface area contributed by atoms with Gasteiger partial charge in [-0.3, -0.25) is 0 Å². The molecule has 0 aliphatic rings. The van der Waals surface area contributed by atoms with Crippen LogP contribution in [0.5, 0.6) is 0 Å². The lowest BCUT2D eigenvalue weighted by Gasteiger charge is -2.17. The van der Waals surface area contributed by atoms with Gasteiger partial charge in [0.1, 0.15) is 11.6 Å². The molecule has 0 aliphatic carbocycles. The second kappa shape index (κ2) is 5.75. The van der Waals surface area contributed by atoms with Gasteiger partial charge in [0.2, 0.25) is 0 Å². The maximum atomic E-state index is 13.9. The van der Waals surface area contributed by atoms with Crippen molar-refractivity contribution in [1.82, 2.24) is 0 Å². The number of nitrogens with one attached hydrogen (secondary N) is 1. The Morgan fingerprint density at radius 2 is 1.90 bits per heavy atom. The molecule has 0 bridgehead atoms. The highest BCUT2D eigenvalue weighted by Crippen LogP contribution is 2.24. The zero-order chi connectivity index (χ0) is 14.7. The Bertz CT molecular complexity index is 671. The Balaban J connectivity index is 2.26. The number of anilines is 1. The predicted molar refractivity (Wildman–Crippen MR) is 77.5 cm³/mol. The Morgan fingerprint density at radius 3 is 2.60 bits per heavy atom. The number of aryl methyl sites for hydroxylation is 1. The van der Waals surface area contributed by atoms with Crippen LogP contribution in [-0.4, -0.2) is 0 Å². The minimum atomic E-state index is -0.419. The second-order valence-electron chi connectivity index (χ2n) is 4.71. The molecule has 0 heterocycles. The lowest BCUT2D eigenvalue weighted by atomic mass is 10.0. The molecule has 0 radical (unpaired) electrons. The number of rotatable bonds is 3. The number of hydrogen-bond donors (Lipinski definition) is 1. The molecule has 0 saturated carbocycles. The molecule has 0 aromatic heterocycles. The van der Waals surface area contributed by atoms with Crippen molar-refractivity contribution in [1.29, 1.82) is 0 Å². The van der Waals surface area contributed by atoms with E-state index in [9.17, 15) is 8.78 Å². The van der Waals surface area contributed by atoms with Gasteiger partial charge in [-0.15, -0.1) is 6.42 Å². The summed E-state index contributed by atoms with van der Waals surface area (Å²) in [5.41, 5.74) is 2.10. The quantitative estimate of drug-likeness (QED) is 0.814. The lowest BCUT2D eigenvalue weighted by molar-refractivity contribution is 0.571. The van der Waals surface area contributed by atoms with Crippen molar-refractivity contribution < 1.29 is 8.78 Å². The van der Waals surface area contributed by atoms with E-state index in [0.29, 0.717) is 11.1 Å². The summed E-state index contributed by atoms with van der Waals surface area (Å²) in [6.07, 6.45) is 5.33. The summed E-state index contributed by atoms with van der Waals surface area (Å²) in [5, 5.41) is 3.12. The van der Waals surface area contributed by atoms with Crippen molar-refractivity contribution in [2.75, 3.05) is 5.32 Å². The van der Waals surface area contributed by atoms with Crippen molar-refractivity contribution >= 4 is 5.69 Å². The minimum Gasteiger partial charge on any atom is -0.378 e. The molecular formula is C17H15F2N. The van der Waals surface area contributed by atoms with Crippen LogP contribution in [0, 0.1) is 30.9 Å². The summed E-state index contributed by atoms with van der Waals surface area (Å²) >= 11 is 0. The van der Waals surface area contributed by atoms with Crippen molar-refractivity contribution in [3.63, 3.8) is 0 Å². The summed E-state index contributed by atoms with van der Waals surface area (Å²) in [7, 11) is 0. The first-order chi connectivity index (χ1) is 9.51. The van der Waals surface area contributed by atoms with E-state index >= 15 is 0 Å². The first kappa shape index (κ1) is 14.1. The number of halogens is 2. The van der Waals surface area contributed by atoms with Gasteiger partial charge >= 0.3 is 0 Å². The van der Waals surface area contributed by atoms with E-state index in [0.717, 1.165) is 11.3 Å². The Hall–Kier alpha value is -2.34. The van der Waals surface area contributed by atoms with E-state index in [-0.39, 0.29) is 6.04 Å². The molecule has 2 rings (SSSR count). The van der Waals surface area contributed by atoms with Gasteiger partial charge in [-0.05, 0) is 49.7 Å². The van der Waals surface area contributed by atoms with E-state index in [2.05, 4.69) is 11.2 Å². The van der Waals surface area contributed by atoms with Crippen molar-refractivity contribution in [3.05, 3.63) is 64.7 Å². The van der Waals surface area contributed by atoms with Crippen LogP contribution in [0.3, 0.4) is 0 Å². The minimum absolute atomic E-state index is 0.291. The average molecular weight is 271 g/mol. The third kappa shape index (κ3) is 2.97. The van der Waals surface area contributed by atoms with Crippen molar-refractivity contribution in [2.24, 2.45) is 0 Å². The number of terminal acetylenes is 1. The Labute approximate surface area is 117 Å². The van der Waals surface area contributed by atoms with Gasteiger partial charge < -0.3 is 5.32 Å². The van der Waals surface area contributed by atoms with Gasteiger partial charge in [0.25, 0.3) is 0 Å². The summed E-state index contributed by atoms with van der Waals surface area (Å²) in [6, 6.07) is 9.32.